The summed E-state index contributed by atoms with van der Waals surface area (Å²) in [6.45, 7) is 0.245. The molecule has 0 bridgehead atoms. The number of rotatable bonds is 6. The van der Waals surface area contributed by atoms with Gasteiger partial charge in [0.05, 0.1) is 12.6 Å². The Morgan fingerprint density at radius 2 is 1.87 bits per heavy atom. The largest absolute Gasteiger partial charge is 0.411 e. The Labute approximate surface area is 132 Å². The number of carbonyl (C=O) groups excluding carboxylic acids is 1. The van der Waals surface area contributed by atoms with E-state index >= 15 is 0 Å². The number of amides is 1. The minimum absolute atomic E-state index is 0.103. The fourth-order valence-corrected chi connectivity index (χ4v) is 2.23. The van der Waals surface area contributed by atoms with E-state index in [9.17, 15) is 18.0 Å². The van der Waals surface area contributed by atoms with E-state index in [1.807, 2.05) is 49.4 Å². The Balaban J connectivity index is 1.85. The fourth-order valence-electron chi connectivity index (χ4n) is 2.23. The molecule has 0 radical (unpaired) electrons. The van der Waals surface area contributed by atoms with Gasteiger partial charge < -0.3 is 10.1 Å². The number of benzene rings is 2. The summed E-state index contributed by atoms with van der Waals surface area (Å²) in [6, 6.07) is 13.5. The molecule has 2 rings (SSSR count). The smallest absolute Gasteiger partial charge is 0.372 e. The van der Waals surface area contributed by atoms with E-state index in [0.29, 0.717) is 0 Å². The fraction of sp³-hybridized carbons (Fsp3) is 0.353. The molecule has 0 fully saturated rings. The van der Waals surface area contributed by atoms with Crippen LogP contribution in [0.15, 0.2) is 42.5 Å². The molecule has 0 aromatic heterocycles. The molecule has 0 aliphatic rings. The summed E-state index contributed by atoms with van der Waals surface area (Å²) in [5.74, 6) is -0.340. The van der Waals surface area contributed by atoms with Crippen LogP contribution in [0, 0.1) is 0 Å². The summed E-state index contributed by atoms with van der Waals surface area (Å²) < 4.78 is 40.2. The maximum Gasteiger partial charge on any atom is 0.411 e. The number of hydrogen-bond acceptors (Lipinski definition) is 2. The predicted octanol–water partition coefficient (Wildman–Crippen LogP) is 3.99. The first-order valence-electron chi connectivity index (χ1n) is 7.28. The van der Waals surface area contributed by atoms with Crippen molar-refractivity contribution in [3.63, 3.8) is 0 Å². The van der Waals surface area contributed by atoms with Crippen LogP contribution in [0.25, 0.3) is 10.8 Å². The Hall–Kier alpha value is -2.08. The van der Waals surface area contributed by atoms with Crippen molar-refractivity contribution in [2.45, 2.75) is 25.6 Å². The molecule has 1 N–H and O–H groups in total. The van der Waals surface area contributed by atoms with E-state index < -0.39 is 12.8 Å². The van der Waals surface area contributed by atoms with E-state index in [1.54, 1.807) is 0 Å². The second kappa shape index (κ2) is 7.46. The van der Waals surface area contributed by atoms with Crippen molar-refractivity contribution in [3.05, 3.63) is 48.0 Å². The zero-order valence-electron chi connectivity index (χ0n) is 12.7. The molecule has 0 saturated heterocycles. The number of fused-ring (bicyclic) bond motifs is 1. The van der Waals surface area contributed by atoms with Crippen molar-refractivity contribution in [1.82, 2.24) is 5.32 Å². The van der Waals surface area contributed by atoms with Gasteiger partial charge >= 0.3 is 6.18 Å². The molecular formula is C17H18F3NO2. The van der Waals surface area contributed by atoms with E-state index in [4.69, 9.17) is 0 Å². The number of hydrogen-bond donors (Lipinski definition) is 1. The minimum atomic E-state index is -4.37. The lowest BCUT2D eigenvalue weighted by atomic mass is 10.0. The number of ether oxygens (including phenoxy) is 1. The lowest BCUT2D eigenvalue weighted by Crippen LogP contribution is -2.28. The molecule has 0 saturated carbocycles. The molecule has 0 spiro atoms. The van der Waals surface area contributed by atoms with Crippen LogP contribution < -0.4 is 5.32 Å². The van der Waals surface area contributed by atoms with Gasteiger partial charge in [-0.15, -0.1) is 0 Å². The third-order valence-corrected chi connectivity index (χ3v) is 3.39. The first-order chi connectivity index (χ1) is 10.8. The molecule has 124 valence electrons. The van der Waals surface area contributed by atoms with Crippen molar-refractivity contribution >= 4 is 16.7 Å². The second-order valence-corrected chi connectivity index (χ2v) is 5.31. The van der Waals surface area contributed by atoms with Crippen molar-refractivity contribution in [2.75, 3.05) is 13.2 Å². The third-order valence-electron chi connectivity index (χ3n) is 3.39. The predicted molar refractivity (Wildman–Crippen MR) is 82.0 cm³/mol. The maximum absolute atomic E-state index is 11.9. The van der Waals surface area contributed by atoms with Gasteiger partial charge in [-0.1, -0.05) is 36.4 Å². The van der Waals surface area contributed by atoms with Crippen LogP contribution in [0.5, 0.6) is 0 Å². The lowest BCUT2D eigenvalue weighted by molar-refractivity contribution is -0.174. The van der Waals surface area contributed by atoms with Crippen LogP contribution in [-0.2, 0) is 9.53 Å². The Bertz CT molecular complexity index is 670. The van der Waals surface area contributed by atoms with Crippen LogP contribution in [0.3, 0.4) is 0 Å². The summed E-state index contributed by atoms with van der Waals surface area (Å²) in [7, 11) is 0. The van der Waals surface area contributed by atoms with Gasteiger partial charge in [0, 0.05) is 6.42 Å². The molecule has 3 nitrogen and oxygen atoms in total. The maximum atomic E-state index is 11.9. The molecule has 6 heteroatoms. The van der Waals surface area contributed by atoms with Crippen LogP contribution in [0.4, 0.5) is 13.2 Å². The summed E-state index contributed by atoms with van der Waals surface area (Å²) >= 11 is 0. The Morgan fingerprint density at radius 1 is 1.17 bits per heavy atom. The zero-order chi connectivity index (χ0) is 16.9. The molecule has 0 aliphatic carbocycles. The molecule has 2 aromatic rings. The zero-order valence-corrected chi connectivity index (χ0v) is 12.7. The number of alkyl halides is 3. The van der Waals surface area contributed by atoms with Gasteiger partial charge in [0.15, 0.2) is 0 Å². The Morgan fingerprint density at radius 3 is 2.57 bits per heavy atom. The van der Waals surface area contributed by atoms with Gasteiger partial charge in [-0.25, -0.2) is 0 Å². The van der Waals surface area contributed by atoms with E-state index in [2.05, 4.69) is 10.1 Å². The molecular weight excluding hydrogens is 307 g/mol. The molecule has 0 aliphatic heterocycles. The third kappa shape index (κ3) is 5.56. The topological polar surface area (TPSA) is 38.3 Å². The highest BCUT2D eigenvalue weighted by molar-refractivity contribution is 5.83. The average Bonchev–Trinajstić information content (AvgIpc) is 2.50. The van der Waals surface area contributed by atoms with Gasteiger partial charge in [-0.3, -0.25) is 4.79 Å². The standard InChI is InChI=1S/C17H18F3NO2/c1-12(21-16(22)8-9-23-11-17(18,19)20)14-7-6-13-4-2-3-5-15(13)10-14/h2-7,10,12H,8-9,11H2,1H3,(H,21,22). The van der Waals surface area contributed by atoms with Gasteiger partial charge in [0.25, 0.3) is 0 Å². The molecule has 0 heterocycles. The average molecular weight is 325 g/mol. The quantitative estimate of drug-likeness (QED) is 0.816. The van der Waals surface area contributed by atoms with Gasteiger partial charge in [-0.2, -0.15) is 13.2 Å². The summed E-state index contributed by atoms with van der Waals surface area (Å²) in [6.07, 6.45) is -4.47. The number of nitrogens with one attached hydrogen (secondary N) is 1. The molecule has 1 unspecified atom stereocenters. The number of carbonyl (C=O) groups is 1. The highest BCUT2D eigenvalue weighted by Crippen LogP contribution is 2.20. The SMILES string of the molecule is CC(NC(=O)CCOCC(F)(F)F)c1ccc2ccccc2c1. The molecule has 2 aromatic carbocycles. The van der Waals surface area contributed by atoms with Crippen molar-refractivity contribution in [1.29, 1.82) is 0 Å². The Kier molecular flexibility index (Phi) is 5.60. The van der Waals surface area contributed by atoms with E-state index in [1.165, 1.54) is 0 Å². The van der Waals surface area contributed by atoms with Crippen LogP contribution in [0.1, 0.15) is 24.9 Å². The van der Waals surface area contributed by atoms with E-state index in [-0.39, 0.29) is 25.0 Å². The lowest BCUT2D eigenvalue weighted by Gasteiger charge is -2.15. The molecule has 23 heavy (non-hydrogen) atoms. The summed E-state index contributed by atoms with van der Waals surface area (Å²) in [5, 5.41) is 4.93. The first-order valence-corrected chi connectivity index (χ1v) is 7.28. The van der Waals surface area contributed by atoms with E-state index in [0.717, 1.165) is 16.3 Å². The highest BCUT2D eigenvalue weighted by Gasteiger charge is 2.27. The van der Waals surface area contributed by atoms with Crippen molar-refractivity contribution < 1.29 is 22.7 Å². The summed E-state index contributed by atoms with van der Waals surface area (Å²) in [5.41, 5.74) is 0.938. The van der Waals surface area contributed by atoms with Gasteiger partial charge in [-0.05, 0) is 29.3 Å². The molecule has 1 amide bonds. The monoisotopic (exact) mass is 325 g/mol. The first kappa shape index (κ1) is 17.3. The summed E-state index contributed by atoms with van der Waals surface area (Å²) in [4.78, 5) is 11.7. The van der Waals surface area contributed by atoms with Crippen molar-refractivity contribution in [2.24, 2.45) is 0 Å². The number of halogens is 3. The van der Waals surface area contributed by atoms with Crippen LogP contribution >= 0.6 is 0 Å². The van der Waals surface area contributed by atoms with Gasteiger partial charge in [0.2, 0.25) is 5.91 Å². The van der Waals surface area contributed by atoms with Crippen LogP contribution in [0.2, 0.25) is 0 Å². The van der Waals surface area contributed by atoms with Crippen LogP contribution in [-0.4, -0.2) is 25.3 Å². The highest BCUT2D eigenvalue weighted by atomic mass is 19.4. The minimum Gasteiger partial charge on any atom is -0.372 e. The second-order valence-electron chi connectivity index (χ2n) is 5.31. The molecule has 1 atom stereocenters. The van der Waals surface area contributed by atoms with Crippen molar-refractivity contribution in [3.8, 4) is 0 Å². The normalized spacial score (nSPS) is 13.0. The van der Waals surface area contributed by atoms with Gasteiger partial charge in [0.1, 0.15) is 6.61 Å².